The Hall–Kier alpha value is -1.09. The molecule has 0 aromatic heterocycles. The van der Waals surface area contributed by atoms with E-state index in [0.717, 1.165) is 25.7 Å². The first-order valence-electron chi connectivity index (χ1n) is 6.81. The van der Waals surface area contributed by atoms with Crippen LogP contribution in [-0.4, -0.2) is 29.3 Å². The van der Waals surface area contributed by atoms with Gasteiger partial charge in [0.05, 0.1) is 6.42 Å². The Morgan fingerprint density at radius 2 is 2.00 bits per heavy atom. The molecule has 1 aromatic carbocycles. The Morgan fingerprint density at radius 1 is 1.32 bits per heavy atom. The minimum atomic E-state index is -0.312. The van der Waals surface area contributed by atoms with Gasteiger partial charge in [0, 0.05) is 18.5 Å². The van der Waals surface area contributed by atoms with Gasteiger partial charge in [-0.05, 0) is 24.5 Å². The Bertz CT molecular complexity index is 432. The van der Waals surface area contributed by atoms with Crippen LogP contribution in [0.25, 0.3) is 0 Å². The van der Waals surface area contributed by atoms with E-state index >= 15 is 0 Å². The molecule has 1 amide bonds. The normalized spacial score (nSPS) is 15.7. The number of rotatable bonds is 5. The van der Waals surface area contributed by atoms with Gasteiger partial charge in [0.25, 0.3) is 0 Å². The number of carbonyl (C=O) groups excluding carboxylic acids is 1. The van der Waals surface area contributed by atoms with Gasteiger partial charge < -0.3 is 4.90 Å². The van der Waals surface area contributed by atoms with Crippen LogP contribution in [0.4, 0.5) is 4.39 Å². The lowest BCUT2D eigenvalue weighted by molar-refractivity contribution is -0.132. The van der Waals surface area contributed by atoms with E-state index < -0.39 is 0 Å². The number of nitrogens with zero attached hydrogens (tertiary/aromatic N) is 1. The minimum Gasteiger partial charge on any atom is -0.338 e. The number of amides is 1. The van der Waals surface area contributed by atoms with E-state index in [1.165, 1.54) is 6.07 Å². The van der Waals surface area contributed by atoms with Gasteiger partial charge in [0.2, 0.25) is 5.91 Å². The summed E-state index contributed by atoms with van der Waals surface area (Å²) < 4.78 is 13.6. The van der Waals surface area contributed by atoms with Crippen molar-refractivity contribution in [3.05, 3.63) is 35.6 Å². The lowest BCUT2D eigenvalue weighted by Gasteiger charge is -2.28. The lowest BCUT2D eigenvalue weighted by Crippen LogP contribution is -2.41. The molecule has 0 saturated heterocycles. The molecule has 0 spiro atoms. The summed E-state index contributed by atoms with van der Waals surface area (Å²) in [4.78, 5) is 14.2. The van der Waals surface area contributed by atoms with Crippen LogP contribution in [0.1, 0.15) is 31.2 Å². The van der Waals surface area contributed by atoms with E-state index in [4.69, 9.17) is 11.6 Å². The molecular formula is C15H19ClFNO. The fraction of sp³-hybridized carbons (Fsp3) is 0.533. The zero-order valence-corrected chi connectivity index (χ0v) is 11.7. The maximum Gasteiger partial charge on any atom is 0.227 e. The Labute approximate surface area is 118 Å². The number of hydrogen-bond donors (Lipinski definition) is 0. The second-order valence-corrected chi connectivity index (χ2v) is 5.36. The standard InChI is InChI=1S/C15H19ClFNO/c16-9-10-18(13-6-2-3-7-13)15(19)11-12-5-1-4-8-14(12)17/h1,4-5,8,13H,2-3,6-7,9-11H2. The monoisotopic (exact) mass is 283 g/mol. The van der Waals surface area contributed by atoms with E-state index in [0.29, 0.717) is 18.0 Å². The predicted molar refractivity (Wildman–Crippen MR) is 74.8 cm³/mol. The smallest absolute Gasteiger partial charge is 0.227 e. The van der Waals surface area contributed by atoms with Crippen LogP contribution in [0.3, 0.4) is 0 Å². The molecule has 104 valence electrons. The highest BCUT2D eigenvalue weighted by Crippen LogP contribution is 2.24. The molecule has 1 aromatic rings. The summed E-state index contributed by atoms with van der Waals surface area (Å²) in [6.07, 6.45) is 4.53. The first kappa shape index (κ1) is 14.3. The number of halogens is 2. The van der Waals surface area contributed by atoms with Crippen molar-refractivity contribution in [1.29, 1.82) is 0 Å². The molecule has 0 atom stereocenters. The Kier molecular flexibility index (Phi) is 5.20. The molecule has 0 radical (unpaired) electrons. The summed E-state index contributed by atoms with van der Waals surface area (Å²) in [6, 6.07) is 6.74. The molecule has 0 aliphatic heterocycles. The number of benzene rings is 1. The van der Waals surface area contributed by atoms with Gasteiger partial charge in [0.15, 0.2) is 0 Å². The van der Waals surface area contributed by atoms with Crippen molar-refractivity contribution in [3.63, 3.8) is 0 Å². The maximum atomic E-state index is 13.6. The van der Waals surface area contributed by atoms with Crippen molar-refractivity contribution >= 4 is 17.5 Å². The second kappa shape index (κ2) is 6.90. The molecule has 19 heavy (non-hydrogen) atoms. The average molecular weight is 284 g/mol. The highest BCUT2D eigenvalue weighted by atomic mass is 35.5. The molecule has 2 rings (SSSR count). The van der Waals surface area contributed by atoms with Gasteiger partial charge in [-0.2, -0.15) is 0 Å². The van der Waals surface area contributed by atoms with Crippen LogP contribution in [0.15, 0.2) is 24.3 Å². The van der Waals surface area contributed by atoms with E-state index in [-0.39, 0.29) is 24.2 Å². The van der Waals surface area contributed by atoms with Crippen molar-refractivity contribution in [2.24, 2.45) is 0 Å². The number of alkyl halides is 1. The van der Waals surface area contributed by atoms with Crippen molar-refractivity contribution in [2.45, 2.75) is 38.1 Å². The molecule has 0 heterocycles. The van der Waals surface area contributed by atoms with E-state index in [2.05, 4.69) is 0 Å². The Balaban J connectivity index is 2.05. The molecule has 1 saturated carbocycles. The largest absolute Gasteiger partial charge is 0.338 e. The molecule has 1 aliphatic rings. The maximum absolute atomic E-state index is 13.6. The zero-order chi connectivity index (χ0) is 13.7. The molecule has 1 aliphatic carbocycles. The van der Waals surface area contributed by atoms with Gasteiger partial charge in [-0.15, -0.1) is 11.6 Å². The highest BCUT2D eigenvalue weighted by Gasteiger charge is 2.26. The van der Waals surface area contributed by atoms with Gasteiger partial charge in [-0.3, -0.25) is 4.79 Å². The second-order valence-electron chi connectivity index (χ2n) is 4.98. The van der Waals surface area contributed by atoms with Crippen LogP contribution in [0, 0.1) is 5.82 Å². The predicted octanol–water partition coefficient (Wildman–Crippen LogP) is 3.38. The molecule has 0 bridgehead atoms. The number of carbonyl (C=O) groups is 1. The van der Waals surface area contributed by atoms with Crippen molar-refractivity contribution in [2.75, 3.05) is 12.4 Å². The summed E-state index contributed by atoms with van der Waals surface area (Å²) in [6.45, 7) is 0.555. The molecular weight excluding hydrogens is 265 g/mol. The highest BCUT2D eigenvalue weighted by molar-refractivity contribution is 6.18. The van der Waals surface area contributed by atoms with Crippen molar-refractivity contribution in [1.82, 2.24) is 4.90 Å². The SMILES string of the molecule is O=C(Cc1ccccc1F)N(CCCl)C1CCCC1. The molecule has 2 nitrogen and oxygen atoms in total. The van der Waals surface area contributed by atoms with Crippen LogP contribution < -0.4 is 0 Å². The third-order valence-electron chi connectivity index (χ3n) is 3.71. The summed E-state index contributed by atoms with van der Waals surface area (Å²) in [5, 5.41) is 0. The van der Waals surface area contributed by atoms with Crippen LogP contribution in [-0.2, 0) is 11.2 Å². The first-order chi connectivity index (χ1) is 9.22. The minimum absolute atomic E-state index is 0.0161. The summed E-state index contributed by atoms with van der Waals surface area (Å²) in [7, 11) is 0. The molecule has 0 unspecified atom stereocenters. The van der Waals surface area contributed by atoms with Crippen molar-refractivity contribution in [3.8, 4) is 0 Å². The van der Waals surface area contributed by atoms with Crippen LogP contribution in [0.2, 0.25) is 0 Å². The fourth-order valence-corrected chi connectivity index (χ4v) is 2.91. The summed E-state index contributed by atoms with van der Waals surface area (Å²) in [5.74, 6) is 0.102. The van der Waals surface area contributed by atoms with Gasteiger partial charge >= 0.3 is 0 Å². The van der Waals surface area contributed by atoms with E-state index in [9.17, 15) is 9.18 Å². The third kappa shape index (κ3) is 3.69. The third-order valence-corrected chi connectivity index (χ3v) is 3.88. The average Bonchev–Trinajstić information content (AvgIpc) is 2.92. The fourth-order valence-electron chi connectivity index (χ4n) is 2.72. The Morgan fingerprint density at radius 3 is 2.63 bits per heavy atom. The van der Waals surface area contributed by atoms with E-state index in [1.54, 1.807) is 18.2 Å². The topological polar surface area (TPSA) is 20.3 Å². The van der Waals surface area contributed by atoms with Crippen molar-refractivity contribution < 1.29 is 9.18 Å². The molecule has 1 fully saturated rings. The quantitative estimate of drug-likeness (QED) is 0.759. The van der Waals surface area contributed by atoms with Gasteiger partial charge in [-0.25, -0.2) is 4.39 Å². The van der Waals surface area contributed by atoms with Gasteiger partial charge in [-0.1, -0.05) is 31.0 Å². The van der Waals surface area contributed by atoms with Crippen LogP contribution >= 0.6 is 11.6 Å². The van der Waals surface area contributed by atoms with Crippen LogP contribution in [0.5, 0.6) is 0 Å². The number of hydrogen-bond acceptors (Lipinski definition) is 1. The summed E-state index contributed by atoms with van der Waals surface area (Å²) >= 11 is 5.79. The van der Waals surface area contributed by atoms with Gasteiger partial charge in [0.1, 0.15) is 5.82 Å². The van der Waals surface area contributed by atoms with E-state index in [1.807, 2.05) is 4.90 Å². The summed E-state index contributed by atoms with van der Waals surface area (Å²) in [5.41, 5.74) is 0.463. The molecule has 0 N–H and O–H groups in total. The molecule has 4 heteroatoms. The zero-order valence-electron chi connectivity index (χ0n) is 10.9. The first-order valence-corrected chi connectivity index (χ1v) is 7.34. The lowest BCUT2D eigenvalue weighted by atomic mass is 10.1.